The smallest absolute Gasteiger partial charge is 0.305 e. The average Bonchev–Trinajstić information content (AvgIpc) is 2.14. The molecular formula is C8H14FN3O3S. The average molecular weight is 251 g/mol. The lowest BCUT2D eigenvalue weighted by Gasteiger charge is -2.25. The second-order valence-corrected chi connectivity index (χ2v) is 4.11. The van der Waals surface area contributed by atoms with Crippen molar-refractivity contribution in [1.82, 2.24) is 5.32 Å². The van der Waals surface area contributed by atoms with E-state index >= 15 is 0 Å². The van der Waals surface area contributed by atoms with Crippen LogP contribution in [-0.4, -0.2) is 23.3 Å². The van der Waals surface area contributed by atoms with Crippen LogP contribution in [-0.2, 0) is 4.18 Å². The van der Waals surface area contributed by atoms with Gasteiger partial charge in [0, 0.05) is 0 Å². The van der Waals surface area contributed by atoms with Crippen LogP contribution in [0.2, 0.25) is 0 Å². The van der Waals surface area contributed by atoms with E-state index in [0.29, 0.717) is 6.21 Å². The van der Waals surface area contributed by atoms with E-state index in [2.05, 4.69) is 9.50 Å². The zero-order chi connectivity index (χ0) is 12.8. The molecule has 8 heteroatoms. The van der Waals surface area contributed by atoms with Crippen LogP contribution in [0.3, 0.4) is 0 Å². The van der Waals surface area contributed by atoms with Crippen LogP contribution in [0.25, 0.3) is 0 Å². The topological polar surface area (TPSA) is 88.2 Å². The number of allylic oxidation sites excluding steroid dienone is 2. The van der Waals surface area contributed by atoms with Crippen molar-refractivity contribution in [1.29, 1.82) is 5.41 Å². The molecule has 0 aliphatic carbocycles. The summed E-state index contributed by atoms with van der Waals surface area (Å²) in [5.74, 6) is 0. The molecule has 2 N–H and O–H groups in total. The summed E-state index contributed by atoms with van der Waals surface area (Å²) >= 11 is -0.259. The summed E-state index contributed by atoms with van der Waals surface area (Å²) in [6.07, 6.45) is 0.656. The molecule has 0 aromatic rings. The summed E-state index contributed by atoms with van der Waals surface area (Å²) in [5, 5.41) is 20.2. The van der Waals surface area contributed by atoms with Crippen LogP contribution in [0.4, 0.5) is 3.89 Å². The number of hydrogen-bond acceptors (Lipinski definition) is 6. The Labute approximate surface area is 97.4 Å². The Hall–Kier alpha value is -1.15. The normalized spacial score (nSPS) is 13.0. The van der Waals surface area contributed by atoms with Gasteiger partial charge in [0.2, 0.25) is 12.4 Å². The molecule has 0 spiro atoms. The van der Waals surface area contributed by atoms with Crippen molar-refractivity contribution in [2.24, 2.45) is 0 Å². The lowest BCUT2D eigenvalue weighted by Crippen LogP contribution is -2.42. The van der Waals surface area contributed by atoms with Crippen molar-refractivity contribution in [3.8, 4) is 0 Å². The molecule has 0 aromatic carbocycles. The number of nitrogens with one attached hydrogen (secondary N) is 2. The zero-order valence-electron chi connectivity index (χ0n) is 9.24. The van der Waals surface area contributed by atoms with E-state index in [0.717, 1.165) is 0 Å². The maximum Gasteiger partial charge on any atom is 0.305 e. The van der Waals surface area contributed by atoms with Gasteiger partial charge in [0.1, 0.15) is 0 Å². The van der Waals surface area contributed by atoms with Gasteiger partial charge >= 0.3 is 5.70 Å². The van der Waals surface area contributed by atoms with E-state index < -0.39 is 10.5 Å². The first kappa shape index (κ1) is 14.8. The molecule has 0 unspecified atom stereocenters. The molecule has 0 saturated heterocycles. The van der Waals surface area contributed by atoms with Crippen molar-refractivity contribution in [3.05, 3.63) is 21.5 Å². The van der Waals surface area contributed by atoms with Crippen molar-refractivity contribution in [3.63, 3.8) is 0 Å². The van der Waals surface area contributed by atoms with Gasteiger partial charge in [-0.15, -0.1) is 3.89 Å². The summed E-state index contributed by atoms with van der Waals surface area (Å²) in [6.45, 7) is 4.92. The van der Waals surface area contributed by atoms with Crippen molar-refractivity contribution in [2.75, 3.05) is 6.61 Å². The van der Waals surface area contributed by atoms with E-state index in [4.69, 9.17) is 5.41 Å². The van der Waals surface area contributed by atoms with Gasteiger partial charge in [-0.3, -0.25) is 14.3 Å². The minimum absolute atomic E-state index is 0.0362. The second-order valence-electron chi connectivity index (χ2n) is 3.75. The molecule has 0 radical (unpaired) electrons. The number of halogens is 1. The zero-order valence-corrected chi connectivity index (χ0v) is 10.1. The molecule has 0 aromatic heterocycles. The highest BCUT2D eigenvalue weighted by molar-refractivity contribution is 7.89. The lowest BCUT2D eigenvalue weighted by molar-refractivity contribution is -0.415. The highest BCUT2D eigenvalue weighted by Crippen LogP contribution is 2.13. The van der Waals surface area contributed by atoms with Gasteiger partial charge in [-0.2, -0.15) is 0 Å². The quantitative estimate of drug-likeness (QED) is 0.313. The van der Waals surface area contributed by atoms with Gasteiger partial charge in [-0.1, -0.05) is 0 Å². The fourth-order valence-electron chi connectivity index (χ4n) is 1.08. The van der Waals surface area contributed by atoms with Crippen LogP contribution in [0.15, 0.2) is 11.4 Å². The number of nitro groups is 1. The molecule has 0 aliphatic rings. The van der Waals surface area contributed by atoms with Crippen LogP contribution in [0, 0.1) is 15.5 Å². The minimum Gasteiger partial charge on any atom is -0.376 e. The van der Waals surface area contributed by atoms with Gasteiger partial charge in [0.15, 0.2) is 0 Å². The third-order valence-corrected chi connectivity index (χ3v) is 1.91. The van der Waals surface area contributed by atoms with E-state index in [1.54, 1.807) is 13.8 Å². The van der Waals surface area contributed by atoms with Crippen LogP contribution >= 0.6 is 12.4 Å². The number of nitrogens with zero attached hydrogens (tertiary/aromatic N) is 1. The molecule has 0 bridgehead atoms. The predicted octanol–water partition coefficient (Wildman–Crippen LogP) is 2.06. The van der Waals surface area contributed by atoms with Crippen molar-refractivity contribution >= 4 is 18.6 Å². The molecule has 16 heavy (non-hydrogen) atoms. The molecule has 0 fully saturated rings. The third-order valence-electron chi connectivity index (χ3n) is 1.71. The highest BCUT2D eigenvalue weighted by atomic mass is 32.2. The van der Waals surface area contributed by atoms with Gasteiger partial charge in [-0.05, 0) is 20.8 Å². The fraction of sp³-hybridized carbons (Fsp3) is 0.625. The first-order valence-corrected chi connectivity index (χ1v) is 5.02. The predicted molar refractivity (Wildman–Crippen MR) is 60.3 cm³/mol. The standard InChI is InChI=1S/C8H14FN3O3S/c1-6(7(4-10)12(13)14)11-8(2,3)5-15-16-9/h4,10-11H,5H2,1-3H3/b7-6+,10-4?. The van der Waals surface area contributed by atoms with Crippen molar-refractivity contribution in [2.45, 2.75) is 26.3 Å². The summed E-state index contributed by atoms with van der Waals surface area (Å²) in [7, 11) is 0. The monoisotopic (exact) mass is 251 g/mol. The van der Waals surface area contributed by atoms with Gasteiger partial charge < -0.3 is 10.7 Å². The maximum atomic E-state index is 11.7. The molecule has 0 amide bonds. The first-order valence-electron chi connectivity index (χ1n) is 4.38. The molecule has 0 aliphatic heterocycles. The van der Waals surface area contributed by atoms with E-state index in [-0.39, 0.29) is 30.4 Å². The molecule has 0 saturated carbocycles. The highest BCUT2D eigenvalue weighted by Gasteiger charge is 2.22. The summed E-state index contributed by atoms with van der Waals surface area (Å²) in [5.41, 5.74) is -0.758. The number of rotatable bonds is 7. The van der Waals surface area contributed by atoms with E-state index in [1.165, 1.54) is 6.92 Å². The largest absolute Gasteiger partial charge is 0.376 e. The Morgan fingerprint density at radius 3 is 2.69 bits per heavy atom. The van der Waals surface area contributed by atoms with Crippen LogP contribution in [0.5, 0.6) is 0 Å². The Morgan fingerprint density at radius 1 is 1.75 bits per heavy atom. The van der Waals surface area contributed by atoms with Gasteiger partial charge in [0.25, 0.3) is 0 Å². The SMILES string of the molecule is C/C(NC(C)(C)COSF)=C(/C=N)[N+](=O)[O-]. The Balaban J connectivity index is 4.69. The molecule has 0 rings (SSSR count). The molecule has 6 nitrogen and oxygen atoms in total. The van der Waals surface area contributed by atoms with Crippen LogP contribution < -0.4 is 5.32 Å². The molecule has 0 heterocycles. The first-order chi connectivity index (χ1) is 7.34. The second kappa shape index (κ2) is 6.44. The van der Waals surface area contributed by atoms with Crippen LogP contribution in [0.1, 0.15) is 20.8 Å². The summed E-state index contributed by atoms with van der Waals surface area (Å²) in [4.78, 5) is 9.88. The van der Waals surface area contributed by atoms with Gasteiger partial charge in [0.05, 0.1) is 29.0 Å². The third kappa shape index (κ3) is 5.08. The Kier molecular flexibility index (Phi) is 5.97. The maximum absolute atomic E-state index is 11.7. The van der Waals surface area contributed by atoms with E-state index in [1.807, 2.05) is 0 Å². The summed E-state index contributed by atoms with van der Waals surface area (Å²) in [6, 6.07) is 0. The Bertz CT molecular complexity index is 307. The molecular weight excluding hydrogens is 237 g/mol. The Morgan fingerprint density at radius 2 is 2.31 bits per heavy atom. The van der Waals surface area contributed by atoms with Gasteiger partial charge in [-0.25, -0.2) is 0 Å². The number of hydrogen-bond donors (Lipinski definition) is 2. The lowest BCUT2D eigenvalue weighted by atomic mass is 10.1. The molecule has 92 valence electrons. The fourth-order valence-corrected chi connectivity index (χ4v) is 1.41. The minimum atomic E-state index is -0.659. The van der Waals surface area contributed by atoms with E-state index in [9.17, 15) is 14.0 Å². The van der Waals surface area contributed by atoms with Crippen molar-refractivity contribution < 1.29 is 13.0 Å². The molecule has 0 atom stereocenters. The summed E-state index contributed by atoms with van der Waals surface area (Å²) < 4.78 is 16.2.